The van der Waals surface area contributed by atoms with Gasteiger partial charge >= 0.3 is 5.97 Å². The van der Waals surface area contributed by atoms with Gasteiger partial charge in [0.2, 0.25) is 17.1 Å². The maximum absolute atomic E-state index is 14.1. The van der Waals surface area contributed by atoms with Crippen LogP contribution in [0.25, 0.3) is 22.6 Å². The molecule has 0 atom stereocenters. The SMILES string of the molecule is O=C(O)c1cc(-c2ccc(CN=Nc3nc4nonc4nc3Nc3ccccc3F)o2)ccc1Cl. The molecule has 0 fully saturated rings. The maximum Gasteiger partial charge on any atom is 0.337 e. The lowest BCUT2D eigenvalue weighted by molar-refractivity contribution is 0.0697. The van der Waals surface area contributed by atoms with E-state index in [-0.39, 0.29) is 45.7 Å². The highest BCUT2D eigenvalue weighted by Crippen LogP contribution is 2.29. The van der Waals surface area contributed by atoms with Crippen molar-refractivity contribution in [1.29, 1.82) is 0 Å². The summed E-state index contributed by atoms with van der Waals surface area (Å²) in [7, 11) is 0. The van der Waals surface area contributed by atoms with Crippen molar-refractivity contribution in [2.75, 3.05) is 5.32 Å². The van der Waals surface area contributed by atoms with Crippen molar-refractivity contribution in [2.24, 2.45) is 10.2 Å². The number of hydrogen-bond donors (Lipinski definition) is 2. The fourth-order valence-electron chi connectivity index (χ4n) is 3.11. The van der Waals surface area contributed by atoms with Crippen molar-refractivity contribution in [3.8, 4) is 11.3 Å². The van der Waals surface area contributed by atoms with Crippen molar-refractivity contribution in [2.45, 2.75) is 6.54 Å². The molecule has 0 aliphatic heterocycles. The minimum atomic E-state index is -1.14. The average molecular weight is 494 g/mol. The fraction of sp³-hybridized carbons (Fsp3) is 0.0455. The predicted octanol–water partition coefficient (Wildman–Crippen LogP) is 5.79. The van der Waals surface area contributed by atoms with E-state index in [0.29, 0.717) is 17.1 Å². The first kappa shape index (κ1) is 22.1. The lowest BCUT2D eigenvalue weighted by Gasteiger charge is -2.07. The van der Waals surface area contributed by atoms with E-state index in [1.807, 2.05) is 0 Å². The molecule has 2 N–H and O–H groups in total. The first-order chi connectivity index (χ1) is 17.0. The van der Waals surface area contributed by atoms with Crippen molar-refractivity contribution in [3.05, 3.63) is 76.8 Å². The average Bonchev–Trinajstić information content (AvgIpc) is 3.50. The zero-order chi connectivity index (χ0) is 24.4. The van der Waals surface area contributed by atoms with Gasteiger partial charge in [0.15, 0.2) is 5.82 Å². The lowest BCUT2D eigenvalue weighted by Crippen LogP contribution is -1.98. The molecule has 5 aromatic rings. The van der Waals surface area contributed by atoms with Crippen LogP contribution in [0.5, 0.6) is 0 Å². The van der Waals surface area contributed by atoms with Crippen molar-refractivity contribution < 1.29 is 23.3 Å². The van der Waals surface area contributed by atoms with Crippen molar-refractivity contribution in [3.63, 3.8) is 0 Å². The smallest absolute Gasteiger partial charge is 0.337 e. The van der Waals surface area contributed by atoms with Crippen LogP contribution >= 0.6 is 11.6 Å². The summed E-state index contributed by atoms with van der Waals surface area (Å²) in [6.45, 7) is 0.0370. The molecule has 0 bridgehead atoms. The number of nitrogens with one attached hydrogen (secondary N) is 1. The first-order valence-electron chi connectivity index (χ1n) is 9.99. The molecule has 0 unspecified atom stereocenters. The number of aromatic nitrogens is 4. The zero-order valence-electron chi connectivity index (χ0n) is 17.5. The van der Waals surface area contributed by atoms with Crippen LogP contribution in [0, 0.1) is 5.82 Å². The zero-order valence-corrected chi connectivity index (χ0v) is 18.3. The number of anilines is 2. The Hall–Kier alpha value is -4.71. The molecular weight excluding hydrogens is 481 g/mol. The van der Waals surface area contributed by atoms with Gasteiger partial charge in [0.1, 0.15) is 23.9 Å². The number of hydrogen-bond acceptors (Lipinski definition) is 10. The van der Waals surface area contributed by atoms with Crippen LogP contribution in [0.2, 0.25) is 5.02 Å². The number of rotatable bonds is 7. The molecule has 0 spiro atoms. The number of carboxylic acids is 1. The molecule has 0 saturated heterocycles. The second-order valence-corrected chi connectivity index (χ2v) is 7.48. The number of nitrogens with zero attached hydrogens (tertiary/aromatic N) is 6. The third-order valence-electron chi connectivity index (χ3n) is 4.76. The molecule has 0 amide bonds. The molecule has 3 aromatic heterocycles. The van der Waals surface area contributed by atoms with E-state index in [9.17, 15) is 14.3 Å². The summed E-state index contributed by atoms with van der Waals surface area (Å²) >= 11 is 5.92. The Balaban J connectivity index is 1.38. The molecule has 11 nitrogen and oxygen atoms in total. The van der Waals surface area contributed by atoms with Gasteiger partial charge in [-0.05, 0) is 52.8 Å². The Labute approximate surface area is 200 Å². The number of carboxylic acid groups (broad SMARTS) is 1. The van der Waals surface area contributed by atoms with Gasteiger partial charge in [-0.3, -0.25) is 0 Å². The number of para-hydroxylation sites is 1. The highest BCUT2D eigenvalue weighted by molar-refractivity contribution is 6.33. The quantitative estimate of drug-likeness (QED) is 0.268. The maximum atomic E-state index is 14.1. The second-order valence-electron chi connectivity index (χ2n) is 7.08. The number of furan rings is 1. The van der Waals surface area contributed by atoms with Crippen molar-refractivity contribution >= 4 is 46.2 Å². The number of carbonyl (C=O) groups is 1. The van der Waals surface area contributed by atoms with E-state index >= 15 is 0 Å². The second kappa shape index (κ2) is 9.27. The highest BCUT2D eigenvalue weighted by atomic mass is 35.5. The molecule has 0 aliphatic carbocycles. The molecule has 0 radical (unpaired) electrons. The molecule has 13 heteroatoms. The van der Waals surface area contributed by atoms with Gasteiger partial charge in [-0.2, -0.15) is 10.1 Å². The first-order valence-corrected chi connectivity index (χ1v) is 10.4. The normalized spacial score (nSPS) is 11.4. The van der Waals surface area contributed by atoms with E-state index in [0.717, 1.165) is 0 Å². The number of azo groups is 1. The predicted molar refractivity (Wildman–Crippen MR) is 121 cm³/mol. The molecule has 3 heterocycles. The van der Waals surface area contributed by atoms with Gasteiger partial charge in [0.05, 0.1) is 16.3 Å². The number of fused-ring (bicyclic) bond motifs is 1. The van der Waals surface area contributed by atoms with Crippen LogP contribution in [0.3, 0.4) is 0 Å². The topological polar surface area (TPSA) is 152 Å². The lowest BCUT2D eigenvalue weighted by atomic mass is 10.1. The van der Waals surface area contributed by atoms with Gasteiger partial charge < -0.3 is 14.8 Å². The van der Waals surface area contributed by atoms with E-state index in [2.05, 4.69) is 40.5 Å². The summed E-state index contributed by atoms with van der Waals surface area (Å²) in [4.78, 5) is 19.8. The molecule has 0 aliphatic rings. The Morgan fingerprint density at radius 2 is 1.89 bits per heavy atom. The van der Waals surface area contributed by atoms with E-state index < -0.39 is 11.8 Å². The summed E-state index contributed by atoms with van der Waals surface area (Å²) in [5, 5.41) is 27.7. The third-order valence-corrected chi connectivity index (χ3v) is 5.09. The Bertz CT molecular complexity index is 1580. The number of benzene rings is 2. The summed E-state index contributed by atoms with van der Waals surface area (Å²) in [6.07, 6.45) is 0. The van der Waals surface area contributed by atoms with Gasteiger partial charge in [-0.1, -0.05) is 23.7 Å². The summed E-state index contributed by atoms with van der Waals surface area (Å²) in [5.41, 5.74) is 0.889. The third kappa shape index (κ3) is 4.68. The Morgan fingerprint density at radius 1 is 1.09 bits per heavy atom. The standard InChI is InChI=1S/C22H13ClFN7O4/c23-14-7-5-11(9-13(14)22(32)33)17-8-6-12(34-17)10-25-29-19-18(26-16-4-2-1-3-15(16)24)27-20-21(28-19)31-35-30-20/h1-9H,10H2,(H,32,33)(H,26,27,30). The van der Waals surface area contributed by atoms with E-state index in [1.54, 1.807) is 30.3 Å². The molecular formula is C22H13ClFN7O4. The minimum absolute atomic E-state index is 0.0343. The van der Waals surface area contributed by atoms with Gasteiger partial charge in [0, 0.05) is 5.56 Å². The Kier molecular flexibility index (Phi) is 5.85. The minimum Gasteiger partial charge on any atom is -0.478 e. The molecule has 174 valence electrons. The summed E-state index contributed by atoms with van der Waals surface area (Å²) < 4.78 is 24.5. The van der Waals surface area contributed by atoms with Crippen LogP contribution < -0.4 is 5.32 Å². The Morgan fingerprint density at radius 3 is 2.69 bits per heavy atom. The molecule has 2 aromatic carbocycles. The van der Waals surface area contributed by atoms with Crippen LogP contribution in [-0.2, 0) is 6.54 Å². The van der Waals surface area contributed by atoms with Crippen LogP contribution in [-0.4, -0.2) is 31.4 Å². The van der Waals surface area contributed by atoms with Crippen LogP contribution in [0.1, 0.15) is 16.1 Å². The molecule has 35 heavy (non-hydrogen) atoms. The van der Waals surface area contributed by atoms with Gasteiger partial charge in [0.25, 0.3) is 0 Å². The van der Waals surface area contributed by atoms with Gasteiger partial charge in [-0.25, -0.2) is 18.8 Å². The summed E-state index contributed by atoms with van der Waals surface area (Å²) in [6, 6.07) is 14.0. The largest absolute Gasteiger partial charge is 0.478 e. The van der Waals surface area contributed by atoms with Gasteiger partial charge in [-0.15, -0.1) is 5.11 Å². The monoisotopic (exact) mass is 493 g/mol. The van der Waals surface area contributed by atoms with Crippen LogP contribution in [0.15, 0.2) is 73.9 Å². The molecule has 0 saturated carbocycles. The molecule has 5 rings (SSSR count). The van der Waals surface area contributed by atoms with E-state index in [4.69, 9.17) is 16.0 Å². The van der Waals surface area contributed by atoms with Crippen molar-refractivity contribution in [1.82, 2.24) is 20.3 Å². The fourth-order valence-corrected chi connectivity index (χ4v) is 3.30. The number of aromatic carboxylic acids is 1. The highest BCUT2D eigenvalue weighted by Gasteiger charge is 2.15. The number of halogens is 2. The summed E-state index contributed by atoms with van der Waals surface area (Å²) in [5.74, 6) is -0.608. The van der Waals surface area contributed by atoms with E-state index in [1.165, 1.54) is 24.3 Å². The van der Waals surface area contributed by atoms with Crippen LogP contribution in [0.4, 0.5) is 21.7 Å².